The number of benzene rings is 7. The Labute approximate surface area is 278 Å². The van der Waals surface area contributed by atoms with Gasteiger partial charge in [-0.1, -0.05) is 84.9 Å². The topological polar surface area (TPSA) is 34.2 Å². The molecule has 3 aliphatic rings. The third kappa shape index (κ3) is 3.99. The summed E-state index contributed by atoms with van der Waals surface area (Å²) in [6.07, 6.45) is 0. The third-order valence-corrected chi connectivity index (χ3v) is 9.33. The highest BCUT2D eigenvalue weighted by molar-refractivity contribution is 6.99. The zero-order valence-corrected chi connectivity index (χ0v) is 25.8. The average molecular weight is 619 g/mol. The summed E-state index contributed by atoms with van der Waals surface area (Å²) < 4.78 is 20.6. The van der Waals surface area contributed by atoms with Gasteiger partial charge in [0, 0.05) is 39.1 Å². The van der Waals surface area contributed by atoms with Gasteiger partial charge in [0.25, 0.3) is 6.71 Å². The van der Waals surface area contributed by atoms with Crippen molar-refractivity contribution in [3.05, 3.63) is 164 Å². The Morgan fingerprint density at radius 1 is 0.333 bits per heavy atom. The Morgan fingerprint density at radius 2 is 0.667 bits per heavy atom. The summed E-state index contributed by atoms with van der Waals surface area (Å²) in [5.41, 5.74) is 8.92. The van der Waals surface area contributed by atoms with E-state index in [2.05, 4.69) is 113 Å². The summed E-state index contributed by atoms with van der Waals surface area (Å²) >= 11 is 0. The molecule has 0 radical (unpaired) electrons. The van der Waals surface area contributed by atoms with Gasteiger partial charge in [0.1, 0.15) is 23.0 Å². The van der Waals surface area contributed by atoms with E-state index in [1.165, 1.54) is 0 Å². The van der Waals surface area contributed by atoms with E-state index >= 15 is 0 Å². The minimum Gasteiger partial charge on any atom is -0.458 e. The number of hydrogen-bond acceptors (Lipinski definition) is 5. The predicted octanol–water partition coefficient (Wildman–Crippen LogP) is 9.46. The summed E-state index contributed by atoms with van der Waals surface area (Å²) in [4.78, 5) is 4.56. The summed E-state index contributed by atoms with van der Waals surface area (Å²) in [6.45, 7) is -0.149. The molecule has 3 heterocycles. The lowest BCUT2D eigenvalue weighted by Gasteiger charge is -2.41. The number of para-hydroxylation sites is 4. The summed E-state index contributed by atoms with van der Waals surface area (Å²) in [5.74, 6) is 4.71. The third-order valence-electron chi connectivity index (χ3n) is 9.33. The first kappa shape index (κ1) is 26.8. The second kappa shape index (κ2) is 10.6. The van der Waals surface area contributed by atoms with Crippen molar-refractivity contribution in [1.82, 2.24) is 0 Å². The summed E-state index contributed by atoms with van der Waals surface area (Å²) in [5, 5.41) is 0. The SMILES string of the molecule is c1ccc(N(c2ccccc2)c2cc(N(c3ccccc3)c3ccccc3)c3c4c2Oc2cccc5c2B4c2c(cccc2O3)O5)cc1. The molecule has 10 rings (SSSR count). The highest BCUT2D eigenvalue weighted by Crippen LogP contribution is 2.53. The van der Waals surface area contributed by atoms with Crippen molar-refractivity contribution in [3.8, 4) is 34.5 Å². The van der Waals surface area contributed by atoms with Crippen molar-refractivity contribution in [2.75, 3.05) is 9.80 Å². The van der Waals surface area contributed by atoms with E-state index in [0.717, 1.165) is 85.0 Å². The van der Waals surface area contributed by atoms with Gasteiger partial charge in [-0.3, -0.25) is 0 Å². The van der Waals surface area contributed by atoms with E-state index < -0.39 is 0 Å². The van der Waals surface area contributed by atoms with Crippen molar-refractivity contribution >= 4 is 57.2 Å². The quantitative estimate of drug-likeness (QED) is 0.174. The fraction of sp³-hybridized carbons (Fsp3) is 0. The predicted molar refractivity (Wildman–Crippen MR) is 194 cm³/mol. The first-order valence-corrected chi connectivity index (χ1v) is 16.1. The molecule has 7 aromatic carbocycles. The molecule has 0 N–H and O–H groups in total. The standard InChI is InChI=1S/C42H27BN2O3/c1-5-15-28(16-6-1)44(29-17-7-2-8-18-29)32-27-33(45(30-19-9-3-10-20-30)31-21-11-4-12-22-31)42-40-41(32)47-36-25-13-23-34-38(36)43(40)39-35(46-34)24-14-26-37(39)48-42/h1-27H. The number of hydrogen-bond donors (Lipinski definition) is 0. The molecule has 0 atom stereocenters. The molecule has 0 fully saturated rings. The van der Waals surface area contributed by atoms with Crippen LogP contribution in [0.5, 0.6) is 34.5 Å². The molecule has 3 aliphatic heterocycles. The smallest absolute Gasteiger partial charge is 0.270 e. The van der Waals surface area contributed by atoms with Crippen LogP contribution in [0.25, 0.3) is 0 Å². The molecule has 0 amide bonds. The molecule has 0 aliphatic carbocycles. The van der Waals surface area contributed by atoms with Crippen LogP contribution in [0, 0.1) is 0 Å². The maximum absolute atomic E-state index is 7.03. The van der Waals surface area contributed by atoms with Crippen molar-refractivity contribution in [2.45, 2.75) is 0 Å². The Kier molecular flexibility index (Phi) is 5.90. The summed E-state index contributed by atoms with van der Waals surface area (Å²) in [7, 11) is 0. The van der Waals surface area contributed by atoms with Crippen LogP contribution in [-0.2, 0) is 0 Å². The Hall–Kier alpha value is -6.40. The van der Waals surface area contributed by atoms with Crippen LogP contribution in [0.4, 0.5) is 34.1 Å². The maximum Gasteiger partial charge on any atom is 0.270 e. The molecular weight excluding hydrogens is 591 g/mol. The minimum absolute atomic E-state index is 0.149. The lowest BCUT2D eigenvalue weighted by atomic mass is 9.33. The van der Waals surface area contributed by atoms with E-state index in [-0.39, 0.29) is 6.71 Å². The zero-order chi connectivity index (χ0) is 31.6. The first-order valence-electron chi connectivity index (χ1n) is 16.1. The van der Waals surface area contributed by atoms with Gasteiger partial charge in [0.15, 0.2) is 11.5 Å². The van der Waals surface area contributed by atoms with Gasteiger partial charge >= 0.3 is 0 Å². The van der Waals surface area contributed by atoms with Crippen LogP contribution < -0.4 is 40.4 Å². The van der Waals surface area contributed by atoms with Crippen molar-refractivity contribution in [1.29, 1.82) is 0 Å². The fourth-order valence-electron chi connectivity index (χ4n) is 7.36. The number of nitrogens with zero attached hydrogens (tertiary/aromatic N) is 2. The molecular formula is C42H27BN2O3. The van der Waals surface area contributed by atoms with Crippen molar-refractivity contribution in [2.24, 2.45) is 0 Å². The molecule has 0 aromatic heterocycles. The monoisotopic (exact) mass is 618 g/mol. The van der Waals surface area contributed by atoms with Crippen LogP contribution >= 0.6 is 0 Å². The average Bonchev–Trinajstić information content (AvgIpc) is 3.15. The first-order chi connectivity index (χ1) is 23.8. The van der Waals surface area contributed by atoms with Gasteiger partial charge in [0.05, 0.1) is 11.4 Å². The molecule has 0 bridgehead atoms. The van der Waals surface area contributed by atoms with E-state index in [1.54, 1.807) is 0 Å². The molecule has 48 heavy (non-hydrogen) atoms. The van der Waals surface area contributed by atoms with E-state index in [0.29, 0.717) is 0 Å². The van der Waals surface area contributed by atoms with Gasteiger partial charge in [-0.15, -0.1) is 0 Å². The largest absolute Gasteiger partial charge is 0.458 e. The minimum atomic E-state index is -0.149. The normalized spacial score (nSPS) is 12.6. The van der Waals surface area contributed by atoms with Crippen molar-refractivity contribution in [3.63, 3.8) is 0 Å². The van der Waals surface area contributed by atoms with E-state index in [9.17, 15) is 0 Å². The van der Waals surface area contributed by atoms with Gasteiger partial charge in [0.2, 0.25) is 0 Å². The fourth-order valence-corrected chi connectivity index (χ4v) is 7.36. The van der Waals surface area contributed by atoms with Crippen LogP contribution in [0.3, 0.4) is 0 Å². The van der Waals surface area contributed by atoms with Gasteiger partial charge in [-0.05, 0) is 78.9 Å². The molecule has 226 valence electrons. The number of ether oxygens (including phenoxy) is 3. The van der Waals surface area contributed by atoms with E-state index in [4.69, 9.17) is 14.2 Å². The molecule has 0 spiro atoms. The lowest BCUT2D eigenvalue weighted by Crippen LogP contribution is -2.60. The molecule has 6 heteroatoms. The van der Waals surface area contributed by atoms with Gasteiger partial charge in [-0.2, -0.15) is 0 Å². The highest BCUT2D eigenvalue weighted by Gasteiger charge is 2.49. The van der Waals surface area contributed by atoms with E-state index in [1.807, 2.05) is 60.7 Å². The Bertz CT molecular complexity index is 2090. The molecule has 0 unspecified atom stereocenters. The van der Waals surface area contributed by atoms with Crippen LogP contribution in [0.15, 0.2) is 164 Å². The number of rotatable bonds is 6. The Balaban J connectivity index is 1.34. The van der Waals surface area contributed by atoms with Gasteiger partial charge in [-0.25, -0.2) is 0 Å². The molecule has 5 nitrogen and oxygen atoms in total. The number of anilines is 6. The second-order valence-electron chi connectivity index (χ2n) is 12.1. The molecule has 0 saturated carbocycles. The molecule has 0 saturated heterocycles. The van der Waals surface area contributed by atoms with Crippen LogP contribution in [0.1, 0.15) is 0 Å². The van der Waals surface area contributed by atoms with Crippen LogP contribution in [-0.4, -0.2) is 6.71 Å². The molecule has 7 aromatic rings. The lowest BCUT2D eigenvalue weighted by molar-refractivity contribution is 0.444. The van der Waals surface area contributed by atoms with Crippen molar-refractivity contribution < 1.29 is 14.2 Å². The Morgan fingerprint density at radius 3 is 1.02 bits per heavy atom. The van der Waals surface area contributed by atoms with Gasteiger partial charge < -0.3 is 24.0 Å². The maximum atomic E-state index is 7.03. The summed E-state index contributed by atoms with van der Waals surface area (Å²) in [6, 6.07) is 56.2. The zero-order valence-electron chi connectivity index (χ0n) is 25.8. The second-order valence-corrected chi connectivity index (χ2v) is 12.1. The van der Waals surface area contributed by atoms with Crippen LogP contribution in [0.2, 0.25) is 0 Å². The highest BCUT2D eigenvalue weighted by atomic mass is 16.5.